The first-order valence-corrected chi connectivity index (χ1v) is 5.66. The molecule has 1 unspecified atom stereocenters. The predicted octanol–water partition coefficient (Wildman–Crippen LogP) is 1.63. The number of hydrogen-bond acceptors (Lipinski definition) is 3. The lowest BCUT2D eigenvalue weighted by atomic mass is 10.0. The van der Waals surface area contributed by atoms with E-state index in [4.69, 9.17) is 9.84 Å². The van der Waals surface area contributed by atoms with E-state index in [1.54, 1.807) is 0 Å². The van der Waals surface area contributed by atoms with E-state index < -0.39 is 5.97 Å². The normalized spacial score (nSPS) is 20.5. The number of carboxylic acids is 1. The summed E-state index contributed by atoms with van der Waals surface area (Å²) in [7, 11) is 2.05. The summed E-state index contributed by atoms with van der Waals surface area (Å²) in [4.78, 5) is 12.5. The number of rotatable bonds is 6. The fraction of sp³-hybridized carbons (Fsp3) is 0.909. The highest BCUT2D eigenvalue weighted by molar-refractivity contribution is 5.85. The molecular formula is C11H22ClNO3. The Morgan fingerprint density at radius 2 is 2.31 bits per heavy atom. The summed E-state index contributed by atoms with van der Waals surface area (Å²) in [5.41, 5.74) is 0. The molecule has 0 amide bonds. The molecule has 1 aliphatic rings. The molecule has 1 heterocycles. The summed E-state index contributed by atoms with van der Waals surface area (Å²) in [6.07, 6.45) is 3.40. The largest absolute Gasteiger partial charge is 0.481 e. The van der Waals surface area contributed by atoms with Gasteiger partial charge in [0.25, 0.3) is 0 Å². The fourth-order valence-corrected chi connectivity index (χ4v) is 1.98. The first-order chi connectivity index (χ1) is 7.18. The van der Waals surface area contributed by atoms with Crippen molar-refractivity contribution >= 4 is 18.4 Å². The molecule has 1 saturated heterocycles. The Hall–Kier alpha value is -0.320. The second kappa shape index (κ2) is 8.79. The number of carbonyl (C=O) groups is 1. The molecular weight excluding hydrogens is 230 g/mol. The lowest BCUT2D eigenvalue weighted by molar-refractivity contribution is -0.137. The van der Waals surface area contributed by atoms with E-state index in [2.05, 4.69) is 11.9 Å². The number of ether oxygens (including phenoxy) is 1. The van der Waals surface area contributed by atoms with Gasteiger partial charge in [-0.1, -0.05) is 0 Å². The van der Waals surface area contributed by atoms with Crippen molar-refractivity contribution in [3.8, 4) is 0 Å². The number of aliphatic carboxylic acids is 1. The van der Waals surface area contributed by atoms with Crippen LogP contribution in [-0.4, -0.2) is 49.3 Å². The van der Waals surface area contributed by atoms with Gasteiger partial charge in [0.05, 0.1) is 6.61 Å². The summed E-state index contributed by atoms with van der Waals surface area (Å²) < 4.78 is 5.40. The number of halogens is 1. The van der Waals surface area contributed by atoms with Gasteiger partial charge in [0, 0.05) is 19.6 Å². The zero-order valence-corrected chi connectivity index (χ0v) is 10.7. The lowest BCUT2D eigenvalue weighted by Crippen LogP contribution is -2.31. The van der Waals surface area contributed by atoms with Crippen LogP contribution in [0.4, 0.5) is 0 Å². The highest BCUT2D eigenvalue weighted by atomic mass is 35.5. The quantitative estimate of drug-likeness (QED) is 0.780. The SMILES string of the molecule is CN(CCCC(=O)O)CC1CCCOC1.Cl. The van der Waals surface area contributed by atoms with Crippen molar-refractivity contribution in [3.05, 3.63) is 0 Å². The average molecular weight is 252 g/mol. The summed E-state index contributed by atoms with van der Waals surface area (Å²) in [6, 6.07) is 0. The van der Waals surface area contributed by atoms with Crippen LogP contribution in [-0.2, 0) is 9.53 Å². The summed E-state index contributed by atoms with van der Waals surface area (Å²) >= 11 is 0. The zero-order valence-electron chi connectivity index (χ0n) is 9.85. The Morgan fingerprint density at radius 1 is 1.56 bits per heavy atom. The van der Waals surface area contributed by atoms with Crippen LogP contribution in [0.1, 0.15) is 25.7 Å². The zero-order chi connectivity index (χ0) is 11.1. The molecule has 96 valence electrons. The summed E-state index contributed by atoms with van der Waals surface area (Å²) in [5, 5.41) is 8.51. The molecule has 1 aliphatic heterocycles. The standard InChI is InChI=1S/C11H21NO3.ClH/c1-12(6-2-5-11(13)14)8-10-4-3-7-15-9-10;/h10H,2-9H2,1H3,(H,13,14);1H. The summed E-state index contributed by atoms with van der Waals surface area (Å²) in [5.74, 6) is -0.0713. The van der Waals surface area contributed by atoms with Crippen LogP contribution in [0.15, 0.2) is 0 Å². The van der Waals surface area contributed by atoms with Gasteiger partial charge in [-0.05, 0) is 38.8 Å². The van der Waals surface area contributed by atoms with Crippen molar-refractivity contribution in [2.45, 2.75) is 25.7 Å². The number of hydrogen-bond donors (Lipinski definition) is 1. The van der Waals surface area contributed by atoms with E-state index in [0.717, 1.165) is 39.1 Å². The Kier molecular flexibility index (Phi) is 8.61. The Balaban J connectivity index is 0.00000225. The topological polar surface area (TPSA) is 49.8 Å². The van der Waals surface area contributed by atoms with Crippen LogP contribution in [0.5, 0.6) is 0 Å². The van der Waals surface area contributed by atoms with E-state index >= 15 is 0 Å². The third-order valence-electron chi connectivity index (χ3n) is 2.75. The molecule has 0 aromatic rings. The van der Waals surface area contributed by atoms with E-state index in [1.807, 2.05) is 0 Å². The van der Waals surface area contributed by atoms with Crippen LogP contribution < -0.4 is 0 Å². The van der Waals surface area contributed by atoms with Gasteiger partial charge in [0.1, 0.15) is 0 Å². The van der Waals surface area contributed by atoms with Gasteiger partial charge >= 0.3 is 5.97 Å². The first kappa shape index (κ1) is 15.7. The molecule has 1 fully saturated rings. The smallest absolute Gasteiger partial charge is 0.303 e. The average Bonchev–Trinajstić information content (AvgIpc) is 2.18. The van der Waals surface area contributed by atoms with E-state index in [9.17, 15) is 4.79 Å². The highest BCUT2D eigenvalue weighted by Crippen LogP contribution is 2.14. The molecule has 1 rings (SSSR count). The fourth-order valence-electron chi connectivity index (χ4n) is 1.98. The number of carboxylic acid groups (broad SMARTS) is 1. The maximum absolute atomic E-state index is 10.3. The van der Waals surface area contributed by atoms with E-state index in [0.29, 0.717) is 5.92 Å². The van der Waals surface area contributed by atoms with E-state index in [1.165, 1.54) is 6.42 Å². The first-order valence-electron chi connectivity index (χ1n) is 5.66. The monoisotopic (exact) mass is 251 g/mol. The Morgan fingerprint density at radius 3 is 2.88 bits per heavy atom. The van der Waals surface area contributed by atoms with Crippen molar-refractivity contribution in [1.82, 2.24) is 4.90 Å². The summed E-state index contributed by atoms with van der Waals surface area (Å²) in [6.45, 7) is 3.66. The Labute approximate surface area is 103 Å². The van der Waals surface area contributed by atoms with Crippen LogP contribution >= 0.6 is 12.4 Å². The maximum Gasteiger partial charge on any atom is 0.303 e. The predicted molar refractivity (Wildman–Crippen MR) is 65.2 cm³/mol. The van der Waals surface area contributed by atoms with Crippen molar-refractivity contribution in [1.29, 1.82) is 0 Å². The maximum atomic E-state index is 10.3. The van der Waals surface area contributed by atoms with Gasteiger partial charge in [0.15, 0.2) is 0 Å². The van der Waals surface area contributed by atoms with Crippen molar-refractivity contribution in [2.75, 3.05) is 33.4 Å². The molecule has 0 bridgehead atoms. The minimum Gasteiger partial charge on any atom is -0.481 e. The van der Waals surface area contributed by atoms with Crippen molar-refractivity contribution < 1.29 is 14.6 Å². The van der Waals surface area contributed by atoms with Crippen LogP contribution in [0.3, 0.4) is 0 Å². The third-order valence-corrected chi connectivity index (χ3v) is 2.75. The van der Waals surface area contributed by atoms with Crippen LogP contribution in [0.25, 0.3) is 0 Å². The molecule has 0 radical (unpaired) electrons. The minimum atomic E-state index is -0.704. The van der Waals surface area contributed by atoms with Gasteiger partial charge < -0.3 is 14.7 Å². The molecule has 0 saturated carbocycles. The number of nitrogens with zero attached hydrogens (tertiary/aromatic N) is 1. The molecule has 5 heteroatoms. The molecule has 0 aromatic heterocycles. The van der Waals surface area contributed by atoms with Gasteiger partial charge in [0.2, 0.25) is 0 Å². The highest BCUT2D eigenvalue weighted by Gasteiger charge is 2.15. The van der Waals surface area contributed by atoms with Gasteiger partial charge in [-0.2, -0.15) is 0 Å². The van der Waals surface area contributed by atoms with Crippen molar-refractivity contribution in [3.63, 3.8) is 0 Å². The van der Waals surface area contributed by atoms with Crippen LogP contribution in [0, 0.1) is 5.92 Å². The molecule has 0 aliphatic carbocycles. The molecule has 1 N–H and O–H groups in total. The second-order valence-electron chi connectivity index (χ2n) is 4.34. The van der Waals surface area contributed by atoms with Gasteiger partial charge in [-0.15, -0.1) is 12.4 Å². The van der Waals surface area contributed by atoms with Crippen LogP contribution in [0.2, 0.25) is 0 Å². The Bertz CT molecular complexity index is 196. The van der Waals surface area contributed by atoms with Gasteiger partial charge in [-0.25, -0.2) is 0 Å². The minimum absolute atomic E-state index is 0. The van der Waals surface area contributed by atoms with Gasteiger partial charge in [-0.3, -0.25) is 4.79 Å². The van der Waals surface area contributed by atoms with Crippen molar-refractivity contribution in [2.24, 2.45) is 5.92 Å². The molecule has 0 spiro atoms. The molecule has 0 aromatic carbocycles. The molecule has 1 atom stereocenters. The van der Waals surface area contributed by atoms with E-state index in [-0.39, 0.29) is 18.8 Å². The second-order valence-corrected chi connectivity index (χ2v) is 4.34. The molecule has 16 heavy (non-hydrogen) atoms. The third kappa shape index (κ3) is 7.04. The molecule has 4 nitrogen and oxygen atoms in total. The lowest BCUT2D eigenvalue weighted by Gasteiger charge is -2.26.